The van der Waals surface area contributed by atoms with Crippen molar-refractivity contribution >= 4 is 23.4 Å². The molecule has 4 rings (SSSR count). The van der Waals surface area contributed by atoms with Gasteiger partial charge in [0.05, 0.1) is 18.0 Å². The van der Waals surface area contributed by atoms with Crippen LogP contribution in [-0.4, -0.2) is 33.3 Å². The van der Waals surface area contributed by atoms with E-state index in [1.165, 1.54) is 5.56 Å². The fourth-order valence-corrected chi connectivity index (χ4v) is 3.49. The zero-order chi connectivity index (χ0) is 20.2. The summed E-state index contributed by atoms with van der Waals surface area (Å²) in [6.07, 6.45) is 5.92. The molecule has 0 saturated carbocycles. The van der Waals surface area contributed by atoms with E-state index in [4.69, 9.17) is 0 Å². The van der Waals surface area contributed by atoms with Crippen molar-refractivity contribution in [2.75, 3.05) is 11.9 Å². The number of hydrogen-bond donors (Lipinski definition) is 3. The first-order valence-electron chi connectivity index (χ1n) is 9.47. The molecule has 0 saturated heterocycles. The van der Waals surface area contributed by atoms with Gasteiger partial charge in [0.25, 0.3) is 5.91 Å². The number of para-hydroxylation sites is 1. The Morgan fingerprint density at radius 2 is 1.93 bits per heavy atom. The number of aryl methyl sites for hydroxylation is 1. The number of anilines is 1. The largest absolute Gasteiger partial charge is 0.385 e. The predicted molar refractivity (Wildman–Crippen MR) is 114 cm³/mol. The predicted octanol–water partition coefficient (Wildman–Crippen LogP) is 2.99. The Bertz CT molecular complexity index is 1080. The highest BCUT2D eigenvalue weighted by atomic mass is 16.2. The van der Waals surface area contributed by atoms with Gasteiger partial charge in [-0.2, -0.15) is 15.3 Å². The zero-order valence-corrected chi connectivity index (χ0v) is 16.4. The number of rotatable bonds is 6. The third kappa shape index (κ3) is 3.94. The Balaban J connectivity index is 1.55. The standard InChI is InChI=1S/C22H22N6O/c1-14-18(9-10-23-17-6-4-3-5-7-17)15(2)26-20(14)12-19-21(27-28-22(19)29)16-8-11-24-25-13-16/h3-8,11-13,23,26H,9-10H2,1-2H3,(H,28,29). The van der Waals surface area contributed by atoms with E-state index in [0.29, 0.717) is 11.3 Å². The highest BCUT2D eigenvalue weighted by Gasteiger charge is 2.25. The first kappa shape index (κ1) is 18.6. The highest BCUT2D eigenvalue weighted by Crippen LogP contribution is 2.23. The molecule has 0 fully saturated rings. The molecule has 3 N–H and O–H groups in total. The molecule has 7 nitrogen and oxygen atoms in total. The van der Waals surface area contributed by atoms with E-state index in [9.17, 15) is 4.79 Å². The first-order valence-corrected chi connectivity index (χ1v) is 9.47. The van der Waals surface area contributed by atoms with Crippen molar-refractivity contribution in [3.05, 3.63) is 82.4 Å². The average molecular weight is 386 g/mol. The molecule has 1 aromatic carbocycles. The molecule has 7 heteroatoms. The second-order valence-electron chi connectivity index (χ2n) is 6.90. The molecule has 29 heavy (non-hydrogen) atoms. The van der Waals surface area contributed by atoms with Crippen LogP contribution in [0.5, 0.6) is 0 Å². The number of hydrogen-bond acceptors (Lipinski definition) is 5. The lowest BCUT2D eigenvalue weighted by atomic mass is 10.0. The molecule has 0 bridgehead atoms. The van der Waals surface area contributed by atoms with Gasteiger partial charge in [-0.1, -0.05) is 18.2 Å². The van der Waals surface area contributed by atoms with Crippen LogP contribution in [0.4, 0.5) is 5.69 Å². The molecule has 1 aliphatic rings. The number of aromatic nitrogens is 3. The SMILES string of the molecule is Cc1[nH]c(C=C2C(=O)NN=C2c2ccnnc2)c(C)c1CCNc1ccccc1. The van der Waals surface area contributed by atoms with Gasteiger partial charge in [-0.3, -0.25) is 4.79 Å². The lowest BCUT2D eigenvalue weighted by Crippen LogP contribution is -2.13. The van der Waals surface area contributed by atoms with E-state index in [1.54, 1.807) is 18.5 Å². The second-order valence-corrected chi connectivity index (χ2v) is 6.90. The Hall–Kier alpha value is -3.74. The van der Waals surface area contributed by atoms with Gasteiger partial charge in [-0.05, 0) is 55.7 Å². The highest BCUT2D eigenvalue weighted by molar-refractivity contribution is 6.33. The molecule has 3 aromatic rings. The molecule has 0 radical (unpaired) electrons. The first-order chi connectivity index (χ1) is 14.1. The van der Waals surface area contributed by atoms with Crippen molar-refractivity contribution in [2.45, 2.75) is 20.3 Å². The number of benzene rings is 1. The quantitative estimate of drug-likeness (QED) is 0.568. The van der Waals surface area contributed by atoms with E-state index in [-0.39, 0.29) is 5.91 Å². The summed E-state index contributed by atoms with van der Waals surface area (Å²) in [4.78, 5) is 15.8. The van der Waals surface area contributed by atoms with Crippen molar-refractivity contribution in [3.63, 3.8) is 0 Å². The minimum Gasteiger partial charge on any atom is -0.385 e. The lowest BCUT2D eigenvalue weighted by molar-refractivity contribution is -0.116. The van der Waals surface area contributed by atoms with E-state index in [2.05, 4.69) is 57.0 Å². The van der Waals surface area contributed by atoms with Crippen LogP contribution in [-0.2, 0) is 11.2 Å². The maximum Gasteiger partial charge on any atom is 0.273 e. The number of aromatic amines is 1. The third-order valence-corrected chi connectivity index (χ3v) is 5.02. The van der Waals surface area contributed by atoms with Gasteiger partial charge in [-0.15, -0.1) is 0 Å². The molecule has 1 aliphatic heterocycles. The Morgan fingerprint density at radius 3 is 2.69 bits per heavy atom. The summed E-state index contributed by atoms with van der Waals surface area (Å²) in [5, 5.41) is 15.3. The maximum absolute atomic E-state index is 12.3. The number of amides is 1. The van der Waals surface area contributed by atoms with Crippen LogP contribution in [0.25, 0.3) is 6.08 Å². The molecule has 0 unspecified atom stereocenters. The van der Waals surface area contributed by atoms with Crippen molar-refractivity contribution in [1.82, 2.24) is 20.6 Å². The molecular weight excluding hydrogens is 364 g/mol. The van der Waals surface area contributed by atoms with Gasteiger partial charge in [0, 0.05) is 29.2 Å². The number of hydrazone groups is 1. The Morgan fingerprint density at radius 1 is 1.10 bits per heavy atom. The Kier molecular flexibility index (Phi) is 5.20. The number of nitrogens with zero attached hydrogens (tertiary/aromatic N) is 3. The molecular formula is C22H22N6O. The molecule has 0 spiro atoms. The Labute approximate surface area is 169 Å². The number of H-pyrrole nitrogens is 1. The summed E-state index contributed by atoms with van der Waals surface area (Å²) >= 11 is 0. The summed E-state index contributed by atoms with van der Waals surface area (Å²) in [6, 6.07) is 11.9. The van der Waals surface area contributed by atoms with Gasteiger partial charge in [0.2, 0.25) is 0 Å². The lowest BCUT2D eigenvalue weighted by Gasteiger charge is -2.07. The minimum absolute atomic E-state index is 0.226. The molecule has 3 heterocycles. The smallest absolute Gasteiger partial charge is 0.273 e. The summed E-state index contributed by atoms with van der Waals surface area (Å²) in [6.45, 7) is 4.96. The second kappa shape index (κ2) is 8.10. The molecule has 146 valence electrons. The maximum atomic E-state index is 12.3. The van der Waals surface area contributed by atoms with Crippen LogP contribution in [0.1, 0.15) is 28.1 Å². The van der Waals surface area contributed by atoms with Gasteiger partial charge >= 0.3 is 0 Å². The third-order valence-electron chi connectivity index (χ3n) is 5.02. The van der Waals surface area contributed by atoms with Gasteiger partial charge in [-0.25, -0.2) is 5.43 Å². The fourth-order valence-electron chi connectivity index (χ4n) is 3.49. The minimum atomic E-state index is -0.226. The van der Waals surface area contributed by atoms with E-state index in [1.807, 2.05) is 24.3 Å². The fraction of sp³-hybridized carbons (Fsp3) is 0.182. The van der Waals surface area contributed by atoms with Crippen LogP contribution >= 0.6 is 0 Å². The topological polar surface area (TPSA) is 95.1 Å². The summed E-state index contributed by atoms with van der Waals surface area (Å²) in [5.41, 5.74) is 9.89. The van der Waals surface area contributed by atoms with Crippen molar-refractivity contribution < 1.29 is 4.79 Å². The van der Waals surface area contributed by atoms with Crippen molar-refractivity contribution in [3.8, 4) is 0 Å². The van der Waals surface area contributed by atoms with Crippen LogP contribution in [0.15, 0.2) is 59.5 Å². The average Bonchev–Trinajstić information content (AvgIpc) is 3.24. The monoisotopic (exact) mass is 386 g/mol. The van der Waals surface area contributed by atoms with Crippen LogP contribution in [0, 0.1) is 13.8 Å². The number of carbonyl (C=O) groups is 1. The molecule has 1 amide bonds. The van der Waals surface area contributed by atoms with E-state index < -0.39 is 0 Å². The number of nitrogens with one attached hydrogen (secondary N) is 3. The zero-order valence-electron chi connectivity index (χ0n) is 16.4. The summed E-state index contributed by atoms with van der Waals surface area (Å²) in [5.74, 6) is -0.226. The van der Waals surface area contributed by atoms with Crippen LogP contribution < -0.4 is 10.7 Å². The normalized spacial score (nSPS) is 14.8. The van der Waals surface area contributed by atoms with E-state index >= 15 is 0 Å². The molecule has 0 atom stereocenters. The molecule has 0 aliphatic carbocycles. The van der Waals surface area contributed by atoms with Gasteiger partial charge < -0.3 is 10.3 Å². The van der Waals surface area contributed by atoms with Gasteiger partial charge in [0.1, 0.15) is 5.71 Å². The summed E-state index contributed by atoms with van der Waals surface area (Å²) in [7, 11) is 0. The molecule has 2 aromatic heterocycles. The van der Waals surface area contributed by atoms with Crippen molar-refractivity contribution in [2.24, 2.45) is 5.10 Å². The van der Waals surface area contributed by atoms with E-state index in [0.717, 1.165) is 41.2 Å². The number of carbonyl (C=O) groups excluding carboxylic acids is 1. The summed E-state index contributed by atoms with van der Waals surface area (Å²) < 4.78 is 0. The van der Waals surface area contributed by atoms with Crippen molar-refractivity contribution in [1.29, 1.82) is 0 Å². The van der Waals surface area contributed by atoms with Gasteiger partial charge in [0.15, 0.2) is 0 Å². The van der Waals surface area contributed by atoms with Crippen LogP contribution in [0.3, 0.4) is 0 Å². The van der Waals surface area contributed by atoms with Crippen LogP contribution in [0.2, 0.25) is 0 Å².